The minimum Gasteiger partial charge on any atom is -0.452 e. The molecule has 9 aromatic rings. The maximum atomic E-state index is 6.51. The largest absolute Gasteiger partial charge is 0.452 e. The zero-order valence-electron chi connectivity index (χ0n) is 23.8. The molecule has 0 spiro atoms. The summed E-state index contributed by atoms with van der Waals surface area (Å²) >= 11 is 0. The van der Waals surface area contributed by atoms with Gasteiger partial charge in [0.2, 0.25) is 0 Å². The van der Waals surface area contributed by atoms with Crippen molar-refractivity contribution in [2.24, 2.45) is 0 Å². The Bertz CT molecular complexity index is 2490. The molecule has 7 aromatic carbocycles. The zero-order chi connectivity index (χ0) is 29.0. The molecule has 0 bridgehead atoms. The van der Waals surface area contributed by atoms with E-state index in [0.29, 0.717) is 0 Å². The number of nitrogens with zero attached hydrogens (tertiary/aromatic N) is 2. The van der Waals surface area contributed by atoms with Gasteiger partial charge in [0.05, 0.1) is 5.69 Å². The second kappa shape index (κ2) is 9.82. The van der Waals surface area contributed by atoms with E-state index in [2.05, 4.69) is 149 Å². The van der Waals surface area contributed by atoms with Gasteiger partial charge in [-0.3, -0.25) is 4.98 Å². The van der Waals surface area contributed by atoms with Crippen LogP contribution in [0.2, 0.25) is 0 Å². The molecule has 0 aliphatic heterocycles. The number of hydrogen-bond acceptors (Lipinski definition) is 3. The molecule has 3 heteroatoms. The molecule has 2 heterocycles. The van der Waals surface area contributed by atoms with Crippen LogP contribution in [-0.2, 0) is 0 Å². The maximum absolute atomic E-state index is 6.51. The fourth-order valence-electron chi connectivity index (χ4n) is 6.59. The van der Waals surface area contributed by atoms with Crippen LogP contribution in [0.5, 0.6) is 0 Å². The third-order valence-electron chi connectivity index (χ3n) is 8.67. The minimum absolute atomic E-state index is 0.783. The number of benzene rings is 7. The van der Waals surface area contributed by atoms with Gasteiger partial charge >= 0.3 is 0 Å². The summed E-state index contributed by atoms with van der Waals surface area (Å²) in [5.74, 6) is 0. The summed E-state index contributed by atoms with van der Waals surface area (Å²) in [7, 11) is 0. The fourth-order valence-corrected chi connectivity index (χ4v) is 6.59. The highest BCUT2D eigenvalue weighted by molar-refractivity contribution is 6.21. The average Bonchev–Trinajstić information content (AvgIpc) is 3.48. The van der Waals surface area contributed by atoms with E-state index >= 15 is 0 Å². The van der Waals surface area contributed by atoms with Crippen LogP contribution < -0.4 is 4.90 Å². The van der Waals surface area contributed by atoms with Crippen molar-refractivity contribution in [1.29, 1.82) is 0 Å². The number of anilines is 3. The molecule has 0 radical (unpaired) electrons. The van der Waals surface area contributed by atoms with Gasteiger partial charge in [0.15, 0.2) is 11.2 Å². The third-order valence-corrected chi connectivity index (χ3v) is 8.67. The van der Waals surface area contributed by atoms with Crippen molar-refractivity contribution in [2.75, 3.05) is 4.90 Å². The minimum atomic E-state index is 0.783. The van der Waals surface area contributed by atoms with E-state index in [-0.39, 0.29) is 0 Å². The average molecular weight is 563 g/mol. The molecule has 206 valence electrons. The monoisotopic (exact) mass is 562 g/mol. The number of aromatic nitrogens is 1. The lowest BCUT2D eigenvalue weighted by molar-refractivity contribution is 0.668. The zero-order valence-corrected chi connectivity index (χ0v) is 23.8. The van der Waals surface area contributed by atoms with Gasteiger partial charge in [0.25, 0.3) is 0 Å². The van der Waals surface area contributed by atoms with E-state index < -0.39 is 0 Å². The first-order valence-electron chi connectivity index (χ1n) is 14.9. The molecule has 0 fully saturated rings. The predicted molar refractivity (Wildman–Crippen MR) is 184 cm³/mol. The number of furan rings is 1. The quantitative estimate of drug-likeness (QED) is 0.200. The first kappa shape index (κ1) is 24.6. The number of rotatable bonds is 4. The Labute approximate surface area is 254 Å². The Morgan fingerprint density at radius 1 is 0.477 bits per heavy atom. The lowest BCUT2D eigenvalue weighted by Crippen LogP contribution is -2.10. The molecular weight excluding hydrogens is 536 g/mol. The maximum Gasteiger partial charge on any atom is 0.161 e. The summed E-state index contributed by atoms with van der Waals surface area (Å²) in [5.41, 5.74) is 7.93. The van der Waals surface area contributed by atoms with E-state index in [4.69, 9.17) is 4.42 Å². The van der Waals surface area contributed by atoms with Gasteiger partial charge in [-0.15, -0.1) is 0 Å². The summed E-state index contributed by atoms with van der Waals surface area (Å²) in [5, 5.41) is 8.44. The van der Waals surface area contributed by atoms with Crippen LogP contribution in [0.15, 0.2) is 162 Å². The molecule has 2 aromatic heterocycles. The van der Waals surface area contributed by atoms with Crippen LogP contribution in [0.25, 0.3) is 65.5 Å². The Hall–Kier alpha value is -5.93. The second-order valence-electron chi connectivity index (χ2n) is 11.2. The molecule has 0 N–H and O–H groups in total. The summed E-state index contributed by atoms with van der Waals surface area (Å²) in [6.45, 7) is 0. The highest BCUT2D eigenvalue weighted by Crippen LogP contribution is 2.43. The standard InChI is InChI=1S/C41H26N2O/c1-2-8-27(9-3-1)28-19-22-32(23-20-28)43(37-13-6-12-35-40-38(44-41(35)37)14-7-25-42-40)33-24-21-30-16-18-31-17-15-29-10-4-5-11-34(29)39(31)36(30)26-33/h1-26H. The molecule has 0 aliphatic rings. The summed E-state index contributed by atoms with van der Waals surface area (Å²) in [6.07, 6.45) is 1.82. The van der Waals surface area contributed by atoms with E-state index in [9.17, 15) is 0 Å². The molecule has 44 heavy (non-hydrogen) atoms. The Morgan fingerprint density at radius 2 is 1.16 bits per heavy atom. The van der Waals surface area contributed by atoms with Gasteiger partial charge in [-0.2, -0.15) is 0 Å². The van der Waals surface area contributed by atoms with E-state index in [1.807, 2.05) is 18.3 Å². The van der Waals surface area contributed by atoms with Crippen molar-refractivity contribution in [3.63, 3.8) is 0 Å². The molecule has 0 saturated carbocycles. The van der Waals surface area contributed by atoms with Crippen molar-refractivity contribution in [3.8, 4) is 11.1 Å². The van der Waals surface area contributed by atoms with E-state index in [0.717, 1.165) is 39.1 Å². The molecule has 3 nitrogen and oxygen atoms in total. The topological polar surface area (TPSA) is 29.3 Å². The van der Waals surface area contributed by atoms with Crippen LogP contribution in [-0.4, -0.2) is 4.98 Å². The van der Waals surface area contributed by atoms with Crippen LogP contribution >= 0.6 is 0 Å². The van der Waals surface area contributed by atoms with Gasteiger partial charge in [0.1, 0.15) is 5.52 Å². The van der Waals surface area contributed by atoms with Crippen molar-refractivity contribution in [1.82, 2.24) is 4.98 Å². The first-order chi connectivity index (χ1) is 21.8. The highest BCUT2D eigenvalue weighted by atomic mass is 16.3. The number of para-hydroxylation sites is 1. The predicted octanol–water partition coefficient (Wildman–Crippen LogP) is 11.6. The SMILES string of the molecule is c1ccc(-c2ccc(N(c3ccc4ccc5ccc6ccccc6c5c4c3)c3cccc4c3oc3cccnc34)cc2)cc1. The van der Waals surface area contributed by atoms with E-state index in [1.54, 1.807) is 0 Å². The lowest BCUT2D eigenvalue weighted by Gasteiger charge is -2.26. The molecule has 0 saturated heterocycles. The second-order valence-corrected chi connectivity index (χ2v) is 11.2. The Kier molecular flexibility index (Phi) is 5.50. The van der Waals surface area contributed by atoms with Gasteiger partial charge in [-0.05, 0) is 92.0 Å². The molecule has 0 amide bonds. The fraction of sp³-hybridized carbons (Fsp3) is 0. The van der Waals surface area contributed by atoms with Crippen LogP contribution in [0.3, 0.4) is 0 Å². The number of pyridine rings is 1. The van der Waals surface area contributed by atoms with Crippen molar-refractivity contribution >= 4 is 71.4 Å². The Morgan fingerprint density at radius 3 is 2.02 bits per heavy atom. The van der Waals surface area contributed by atoms with Crippen molar-refractivity contribution < 1.29 is 4.42 Å². The molecule has 0 aliphatic carbocycles. The van der Waals surface area contributed by atoms with Gasteiger partial charge in [-0.25, -0.2) is 0 Å². The van der Waals surface area contributed by atoms with Gasteiger partial charge in [0, 0.05) is 23.0 Å². The van der Waals surface area contributed by atoms with Crippen molar-refractivity contribution in [3.05, 3.63) is 158 Å². The molecule has 0 unspecified atom stereocenters. The molecular formula is C41H26N2O. The van der Waals surface area contributed by atoms with Gasteiger partial charge in [-0.1, -0.05) is 103 Å². The highest BCUT2D eigenvalue weighted by Gasteiger charge is 2.20. The van der Waals surface area contributed by atoms with Crippen LogP contribution in [0.4, 0.5) is 17.1 Å². The summed E-state index contributed by atoms with van der Waals surface area (Å²) < 4.78 is 6.51. The first-order valence-corrected chi connectivity index (χ1v) is 14.9. The van der Waals surface area contributed by atoms with Crippen LogP contribution in [0.1, 0.15) is 0 Å². The summed E-state index contributed by atoms with van der Waals surface area (Å²) in [6, 6.07) is 53.8. The van der Waals surface area contributed by atoms with Crippen molar-refractivity contribution in [2.45, 2.75) is 0 Å². The van der Waals surface area contributed by atoms with E-state index in [1.165, 1.54) is 43.4 Å². The smallest absolute Gasteiger partial charge is 0.161 e. The lowest BCUT2D eigenvalue weighted by atomic mass is 9.96. The van der Waals surface area contributed by atoms with Gasteiger partial charge < -0.3 is 9.32 Å². The van der Waals surface area contributed by atoms with Crippen LogP contribution in [0, 0.1) is 0 Å². The summed E-state index contributed by atoms with van der Waals surface area (Å²) in [4.78, 5) is 6.96. The third kappa shape index (κ3) is 3.87. The molecule has 0 atom stereocenters. The normalized spacial score (nSPS) is 11.6. The molecule has 9 rings (SSSR count). The Balaban J connectivity index is 1.31. The number of fused-ring (bicyclic) bond motifs is 8. The number of hydrogen-bond donors (Lipinski definition) is 0.